The molecular formula is C8H15LiO4S. The Balaban J connectivity index is 0.00000169. The van der Waals surface area contributed by atoms with Gasteiger partial charge in [0.25, 0.3) is 0 Å². The summed E-state index contributed by atoms with van der Waals surface area (Å²) in [4.78, 5) is 0. The quantitative estimate of drug-likeness (QED) is 0.312. The average molecular weight is 214 g/mol. The van der Waals surface area contributed by atoms with Crippen molar-refractivity contribution in [3.8, 4) is 0 Å². The van der Waals surface area contributed by atoms with Crippen molar-refractivity contribution in [2.75, 3.05) is 0 Å². The molecular weight excluding hydrogens is 199 g/mol. The summed E-state index contributed by atoms with van der Waals surface area (Å²) in [6, 6.07) is 0. The Labute approximate surface area is 97.5 Å². The fraction of sp³-hybridized carbons (Fsp3) is 1.00. The van der Waals surface area contributed by atoms with Crippen molar-refractivity contribution in [3.63, 3.8) is 0 Å². The van der Waals surface area contributed by atoms with Gasteiger partial charge in [-0.3, -0.25) is 4.18 Å². The van der Waals surface area contributed by atoms with Gasteiger partial charge < -0.3 is 4.55 Å². The van der Waals surface area contributed by atoms with Gasteiger partial charge >= 0.3 is 18.9 Å². The molecule has 2 unspecified atom stereocenters. The van der Waals surface area contributed by atoms with Crippen LogP contribution in [-0.2, 0) is 14.6 Å². The normalized spacial score (nSPS) is 33.5. The summed E-state index contributed by atoms with van der Waals surface area (Å²) in [5.74, 6) is 0.881. The van der Waals surface area contributed by atoms with Crippen LogP contribution in [0.5, 0.6) is 0 Å². The van der Waals surface area contributed by atoms with E-state index in [0.717, 1.165) is 6.42 Å². The van der Waals surface area contributed by atoms with E-state index in [9.17, 15) is 13.0 Å². The van der Waals surface area contributed by atoms with Crippen LogP contribution in [0.15, 0.2) is 0 Å². The molecule has 0 radical (unpaired) electrons. The summed E-state index contributed by atoms with van der Waals surface area (Å²) in [7, 11) is -4.52. The van der Waals surface area contributed by atoms with E-state index >= 15 is 0 Å². The predicted molar refractivity (Wildman–Crippen MR) is 46.7 cm³/mol. The summed E-state index contributed by atoms with van der Waals surface area (Å²) in [6.45, 7) is 4.09. The topological polar surface area (TPSA) is 66.4 Å². The van der Waals surface area contributed by atoms with Gasteiger partial charge in [0.15, 0.2) is 0 Å². The first-order valence-corrected chi connectivity index (χ1v) is 5.84. The van der Waals surface area contributed by atoms with Crippen LogP contribution in [0, 0.1) is 11.8 Å². The molecule has 1 fully saturated rings. The van der Waals surface area contributed by atoms with E-state index in [4.69, 9.17) is 0 Å². The number of hydrogen-bond donors (Lipinski definition) is 0. The molecule has 6 heteroatoms. The van der Waals surface area contributed by atoms with Gasteiger partial charge in [0.1, 0.15) is 0 Å². The standard InChI is InChI=1S/C8H16O4S.Li/c1-6-3-7(2)5-8(4-6)12-13(9,10)11;/h6-8H,3-5H2,1-2H3,(H,9,10,11);/q;+1/p-1. The SMILES string of the molecule is CC1CC(C)CC(OS(=O)(=O)[O-])C1.[Li+]. The number of rotatable bonds is 2. The van der Waals surface area contributed by atoms with Crippen LogP contribution >= 0.6 is 0 Å². The first kappa shape index (κ1) is 14.5. The summed E-state index contributed by atoms with van der Waals surface area (Å²) in [6.07, 6.45) is 2.03. The van der Waals surface area contributed by atoms with Gasteiger partial charge in [0.2, 0.25) is 10.4 Å². The molecule has 0 aromatic heterocycles. The smallest absolute Gasteiger partial charge is 0.726 e. The van der Waals surface area contributed by atoms with Crippen molar-refractivity contribution in [2.24, 2.45) is 11.8 Å². The summed E-state index contributed by atoms with van der Waals surface area (Å²) in [5.41, 5.74) is 0. The molecule has 4 nitrogen and oxygen atoms in total. The maximum absolute atomic E-state index is 10.3. The Morgan fingerprint density at radius 3 is 1.93 bits per heavy atom. The van der Waals surface area contributed by atoms with Crippen molar-refractivity contribution in [3.05, 3.63) is 0 Å². The van der Waals surface area contributed by atoms with Crippen LogP contribution in [0.25, 0.3) is 0 Å². The van der Waals surface area contributed by atoms with Gasteiger partial charge in [-0.25, -0.2) is 8.42 Å². The number of hydrogen-bond acceptors (Lipinski definition) is 4. The van der Waals surface area contributed by atoms with E-state index in [0.29, 0.717) is 24.7 Å². The molecule has 0 heterocycles. The molecule has 1 saturated carbocycles. The molecule has 1 rings (SSSR count). The van der Waals surface area contributed by atoms with Gasteiger partial charge in [-0.05, 0) is 31.1 Å². The second kappa shape index (κ2) is 5.52. The second-order valence-corrected chi connectivity index (χ2v) is 5.05. The van der Waals surface area contributed by atoms with Crippen LogP contribution in [-0.4, -0.2) is 19.1 Å². The Morgan fingerprint density at radius 1 is 1.14 bits per heavy atom. The molecule has 1 aliphatic rings. The van der Waals surface area contributed by atoms with Crippen molar-refractivity contribution < 1.29 is 36.0 Å². The third-order valence-electron chi connectivity index (χ3n) is 2.39. The Morgan fingerprint density at radius 2 is 1.57 bits per heavy atom. The molecule has 2 atom stereocenters. The molecule has 0 bridgehead atoms. The molecule has 0 amide bonds. The van der Waals surface area contributed by atoms with Crippen molar-refractivity contribution in [2.45, 2.75) is 39.2 Å². The molecule has 78 valence electrons. The van der Waals surface area contributed by atoms with Crippen molar-refractivity contribution >= 4 is 10.4 Å². The Bertz CT molecular complexity index is 255. The summed E-state index contributed by atoms with van der Waals surface area (Å²) in [5, 5.41) is 0. The molecule has 0 aromatic rings. The zero-order valence-electron chi connectivity index (χ0n) is 8.89. The van der Waals surface area contributed by atoms with E-state index in [1.165, 1.54) is 0 Å². The minimum absolute atomic E-state index is 0. The van der Waals surface area contributed by atoms with Gasteiger partial charge in [-0.1, -0.05) is 13.8 Å². The Kier molecular flexibility index (Phi) is 5.71. The van der Waals surface area contributed by atoms with Crippen molar-refractivity contribution in [1.29, 1.82) is 0 Å². The fourth-order valence-corrected chi connectivity index (χ4v) is 2.61. The summed E-state index contributed by atoms with van der Waals surface area (Å²) < 4.78 is 35.4. The maximum atomic E-state index is 10.3. The van der Waals surface area contributed by atoms with E-state index in [2.05, 4.69) is 4.18 Å². The monoisotopic (exact) mass is 214 g/mol. The zero-order valence-corrected chi connectivity index (χ0v) is 9.71. The molecule has 14 heavy (non-hydrogen) atoms. The molecule has 0 N–H and O–H groups in total. The first-order valence-electron chi connectivity index (χ1n) is 4.51. The van der Waals surface area contributed by atoms with E-state index in [-0.39, 0.29) is 18.9 Å². The minimum atomic E-state index is -4.52. The Hall–Kier alpha value is 0.467. The van der Waals surface area contributed by atoms with Gasteiger partial charge in [0.05, 0.1) is 6.10 Å². The molecule has 1 aliphatic carbocycles. The molecule has 0 aromatic carbocycles. The van der Waals surface area contributed by atoms with E-state index < -0.39 is 16.5 Å². The van der Waals surface area contributed by atoms with E-state index in [1.807, 2.05) is 13.8 Å². The van der Waals surface area contributed by atoms with Gasteiger partial charge in [-0.2, -0.15) is 0 Å². The van der Waals surface area contributed by atoms with E-state index in [1.54, 1.807) is 0 Å². The van der Waals surface area contributed by atoms with Crippen LogP contribution in [0.2, 0.25) is 0 Å². The third kappa shape index (κ3) is 5.37. The second-order valence-electron chi connectivity index (χ2n) is 4.04. The van der Waals surface area contributed by atoms with Gasteiger partial charge in [-0.15, -0.1) is 0 Å². The largest absolute Gasteiger partial charge is 1.00 e. The van der Waals surface area contributed by atoms with Crippen LogP contribution in [0.4, 0.5) is 0 Å². The minimum Gasteiger partial charge on any atom is -0.726 e. The third-order valence-corrected chi connectivity index (χ3v) is 2.90. The average Bonchev–Trinajstić information content (AvgIpc) is 1.78. The van der Waals surface area contributed by atoms with Crippen molar-refractivity contribution in [1.82, 2.24) is 0 Å². The van der Waals surface area contributed by atoms with Crippen LogP contribution in [0.1, 0.15) is 33.1 Å². The fourth-order valence-electron chi connectivity index (χ4n) is 2.12. The zero-order chi connectivity index (χ0) is 10.1. The van der Waals surface area contributed by atoms with Crippen LogP contribution in [0.3, 0.4) is 0 Å². The first-order chi connectivity index (χ1) is 5.87. The molecule has 0 saturated heterocycles. The maximum Gasteiger partial charge on any atom is 1.00 e. The predicted octanol–water partition coefficient (Wildman–Crippen LogP) is -1.71. The molecule has 0 spiro atoms. The van der Waals surface area contributed by atoms with Crippen LogP contribution < -0.4 is 18.9 Å². The summed E-state index contributed by atoms with van der Waals surface area (Å²) >= 11 is 0. The molecule has 0 aliphatic heterocycles. The van der Waals surface area contributed by atoms with Gasteiger partial charge in [0, 0.05) is 0 Å².